The lowest BCUT2D eigenvalue weighted by Crippen LogP contribution is -2.37. The van der Waals surface area contributed by atoms with Crippen molar-refractivity contribution in [3.05, 3.63) is 60.9 Å². The van der Waals surface area contributed by atoms with Crippen molar-refractivity contribution in [2.24, 2.45) is 0 Å². The molecule has 0 bridgehead atoms. The molecule has 0 aliphatic carbocycles. The molecule has 0 amide bonds. The topological polar surface area (TPSA) is 104 Å². The lowest BCUT2D eigenvalue weighted by atomic mass is 10.1. The van der Waals surface area contributed by atoms with Crippen molar-refractivity contribution in [3.8, 4) is 0 Å². The summed E-state index contributed by atoms with van der Waals surface area (Å²) in [4.78, 5) is 22.7. The van der Waals surface area contributed by atoms with Gasteiger partial charge in [0.2, 0.25) is 0 Å². The van der Waals surface area contributed by atoms with Crippen molar-refractivity contribution >= 4 is 13.8 Å². The molecule has 1 aliphatic heterocycles. The standard InChI is InChI=1S/C46H82NO8P/c1-6-8-10-12-14-15-16-17-18-19-20-21-22-26-30-34-39-51-43(42-54-56(49,50)53-40-38-47(3,4)5)41-52-46(48)37-33-29-25-23-24-28-32-36-45-44(55-45)35-31-27-13-11-9-7-2/h17-18,23,25,27-28,31-32,34,39,43-45H,6-16,19-22,24,26,29-30,33,35-38,40-42H2,1-5H3/p+1/b18-17-,25-23-,31-27-,32-28-,39-34+/t43-,44?,45?/m1/s1. The maximum atomic E-state index is 12.5. The summed E-state index contributed by atoms with van der Waals surface area (Å²) in [7, 11) is 1.62. The number of hydrogen-bond donors (Lipinski definition) is 1. The lowest BCUT2D eigenvalue weighted by molar-refractivity contribution is -0.870. The summed E-state index contributed by atoms with van der Waals surface area (Å²) in [5.41, 5.74) is 0. The van der Waals surface area contributed by atoms with E-state index in [1.807, 2.05) is 27.2 Å². The molecule has 0 saturated carbocycles. The number of phosphoric ester groups is 1. The van der Waals surface area contributed by atoms with Gasteiger partial charge in [-0.2, -0.15) is 0 Å². The average Bonchev–Trinajstić information content (AvgIpc) is 3.91. The molecule has 3 unspecified atom stereocenters. The van der Waals surface area contributed by atoms with E-state index in [2.05, 4.69) is 62.5 Å². The van der Waals surface area contributed by atoms with Crippen LogP contribution in [0.15, 0.2) is 60.9 Å². The summed E-state index contributed by atoms with van der Waals surface area (Å²) in [5, 5.41) is 0. The zero-order chi connectivity index (χ0) is 41.0. The average molecular weight is 809 g/mol. The van der Waals surface area contributed by atoms with Gasteiger partial charge in [-0.1, -0.05) is 120 Å². The number of nitrogens with zero attached hydrogens (tertiary/aromatic N) is 1. The Kier molecular flexibility index (Phi) is 32.5. The quantitative estimate of drug-likeness (QED) is 0.0125. The second kappa shape index (κ2) is 35.0. The van der Waals surface area contributed by atoms with Crippen LogP contribution >= 0.6 is 7.82 Å². The monoisotopic (exact) mass is 809 g/mol. The van der Waals surface area contributed by atoms with Crippen LogP contribution in [0, 0.1) is 0 Å². The number of carbonyl (C=O) groups is 1. The zero-order valence-corrected chi connectivity index (χ0v) is 37.2. The van der Waals surface area contributed by atoms with E-state index in [1.54, 1.807) is 6.26 Å². The van der Waals surface area contributed by atoms with Gasteiger partial charge < -0.3 is 23.6 Å². The molecule has 1 saturated heterocycles. The molecular weight excluding hydrogens is 725 g/mol. The molecule has 10 heteroatoms. The Labute approximate surface area is 343 Å². The molecular formula is C46H83NO8P+. The minimum absolute atomic E-state index is 0.0745. The molecule has 4 atom stereocenters. The van der Waals surface area contributed by atoms with E-state index in [-0.39, 0.29) is 32.2 Å². The molecule has 0 aromatic rings. The van der Waals surface area contributed by atoms with Crippen LogP contribution in [-0.2, 0) is 32.6 Å². The zero-order valence-electron chi connectivity index (χ0n) is 36.3. The minimum atomic E-state index is -4.29. The number of epoxide rings is 1. The molecule has 0 aromatic heterocycles. The van der Waals surface area contributed by atoms with E-state index >= 15 is 0 Å². The van der Waals surface area contributed by atoms with Gasteiger partial charge in [-0.3, -0.25) is 13.8 Å². The third kappa shape index (κ3) is 35.2. The van der Waals surface area contributed by atoms with Crippen LogP contribution in [0.4, 0.5) is 0 Å². The maximum Gasteiger partial charge on any atom is 0.472 e. The number of ether oxygens (including phenoxy) is 3. The van der Waals surface area contributed by atoms with Gasteiger partial charge in [0, 0.05) is 6.42 Å². The van der Waals surface area contributed by atoms with Crippen molar-refractivity contribution in [2.75, 3.05) is 47.5 Å². The van der Waals surface area contributed by atoms with Gasteiger partial charge >= 0.3 is 13.8 Å². The third-order valence-corrected chi connectivity index (χ3v) is 10.5. The van der Waals surface area contributed by atoms with Gasteiger partial charge in [0.1, 0.15) is 19.8 Å². The first kappa shape index (κ1) is 52.0. The van der Waals surface area contributed by atoms with Crippen molar-refractivity contribution in [1.82, 2.24) is 0 Å². The van der Waals surface area contributed by atoms with E-state index < -0.39 is 13.9 Å². The number of rotatable bonds is 39. The molecule has 1 heterocycles. The maximum absolute atomic E-state index is 12.5. The molecule has 0 aromatic carbocycles. The molecule has 1 N–H and O–H groups in total. The number of phosphoric acid groups is 1. The first-order chi connectivity index (χ1) is 27.1. The Bertz CT molecular complexity index is 1140. The van der Waals surface area contributed by atoms with Crippen LogP contribution in [0.1, 0.15) is 162 Å². The predicted octanol–water partition coefficient (Wildman–Crippen LogP) is 12.3. The minimum Gasteiger partial charge on any atom is -0.492 e. The summed E-state index contributed by atoms with van der Waals surface area (Å²) in [6.07, 6.45) is 46.8. The fourth-order valence-electron chi connectivity index (χ4n) is 5.86. The molecule has 1 rings (SSSR count). The molecule has 324 valence electrons. The Morgan fingerprint density at radius 2 is 1.16 bits per heavy atom. The lowest BCUT2D eigenvalue weighted by Gasteiger charge is -2.24. The number of hydrogen-bond acceptors (Lipinski definition) is 7. The Morgan fingerprint density at radius 3 is 1.80 bits per heavy atom. The SMILES string of the molecule is CCCCC/C=C\CC1OC1C/C=C\C/C=C\CCCC(=O)OC[C@H](COP(=O)(O)OCC[N+](C)(C)C)O/C=C/CCCCCC/C=C\CCCCCCCC. The second-order valence-corrected chi connectivity index (χ2v) is 17.6. The van der Waals surface area contributed by atoms with E-state index in [4.69, 9.17) is 23.3 Å². The van der Waals surface area contributed by atoms with Crippen LogP contribution in [0.2, 0.25) is 0 Å². The first-order valence-electron chi connectivity index (χ1n) is 22.2. The summed E-state index contributed by atoms with van der Waals surface area (Å²) in [6.45, 7) is 4.77. The Balaban J connectivity index is 2.30. The van der Waals surface area contributed by atoms with Gasteiger partial charge in [-0.25, -0.2) is 4.57 Å². The highest BCUT2D eigenvalue weighted by Gasteiger charge is 2.36. The smallest absolute Gasteiger partial charge is 0.472 e. The largest absolute Gasteiger partial charge is 0.492 e. The molecule has 56 heavy (non-hydrogen) atoms. The highest BCUT2D eigenvalue weighted by molar-refractivity contribution is 7.47. The molecule has 1 aliphatic rings. The second-order valence-electron chi connectivity index (χ2n) is 16.2. The van der Waals surface area contributed by atoms with E-state index in [0.717, 1.165) is 51.4 Å². The van der Waals surface area contributed by atoms with E-state index in [9.17, 15) is 14.3 Å². The molecule has 0 radical (unpaired) electrons. The van der Waals surface area contributed by atoms with Gasteiger partial charge in [-0.05, 0) is 89.5 Å². The number of likely N-dealkylation sites (N-methyl/N-ethyl adjacent to an activating group) is 1. The third-order valence-electron chi connectivity index (χ3n) is 9.54. The number of allylic oxidation sites excluding steroid dienone is 7. The number of carbonyl (C=O) groups excluding carboxylic acids is 1. The Morgan fingerprint density at radius 1 is 0.661 bits per heavy atom. The van der Waals surface area contributed by atoms with Crippen LogP contribution in [-0.4, -0.2) is 81.2 Å². The van der Waals surface area contributed by atoms with Crippen molar-refractivity contribution < 1.29 is 42.0 Å². The van der Waals surface area contributed by atoms with Gasteiger partial charge in [-0.15, -0.1) is 0 Å². The van der Waals surface area contributed by atoms with E-state index in [0.29, 0.717) is 29.7 Å². The Hall–Kier alpha value is -2.00. The summed E-state index contributed by atoms with van der Waals surface area (Å²) in [6, 6.07) is 0. The van der Waals surface area contributed by atoms with Crippen LogP contribution in [0.3, 0.4) is 0 Å². The van der Waals surface area contributed by atoms with Crippen molar-refractivity contribution in [1.29, 1.82) is 0 Å². The summed E-state index contributed by atoms with van der Waals surface area (Å²) < 4.78 is 40.5. The normalized spacial score (nSPS) is 17.9. The van der Waals surface area contributed by atoms with Gasteiger partial charge in [0.15, 0.2) is 6.10 Å². The van der Waals surface area contributed by atoms with Crippen LogP contribution in [0.5, 0.6) is 0 Å². The van der Waals surface area contributed by atoms with Crippen LogP contribution < -0.4 is 0 Å². The highest BCUT2D eigenvalue weighted by atomic mass is 31.2. The fraction of sp³-hybridized carbons (Fsp3) is 0.761. The van der Waals surface area contributed by atoms with E-state index in [1.165, 1.54) is 83.5 Å². The number of esters is 1. The fourth-order valence-corrected chi connectivity index (χ4v) is 6.60. The van der Waals surface area contributed by atoms with Crippen molar-refractivity contribution in [3.63, 3.8) is 0 Å². The van der Waals surface area contributed by atoms with Gasteiger partial charge in [0.25, 0.3) is 0 Å². The first-order valence-corrected chi connectivity index (χ1v) is 23.7. The highest BCUT2D eigenvalue weighted by Crippen LogP contribution is 2.43. The number of quaternary nitrogens is 1. The van der Waals surface area contributed by atoms with Gasteiger partial charge in [0.05, 0.1) is 46.2 Å². The summed E-state index contributed by atoms with van der Waals surface area (Å²) >= 11 is 0. The van der Waals surface area contributed by atoms with Crippen molar-refractivity contribution in [2.45, 2.75) is 180 Å². The molecule has 9 nitrogen and oxygen atoms in total. The summed E-state index contributed by atoms with van der Waals surface area (Å²) in [5.74, 6) is -0.339. The molecule has 0 spiro atoms. The van der Waals surface area contributed by atoms with Crippen LogP contribution in [0.25, 0.3) is 0 Å². The predicted molar refractivity (Wildman–Crippen MR) is 232 cm³/mol. The number of unbranched alkanes of at least 4 members (excludes halogenated alkanes) is 15. The molecule has 1 fully saturated rings.